The Morgan fingerprint density at radius 1 is 1.03 bits per heavy atom. The first-order valence-corrected chi connectivity index (χ1v) is 12.7. The second-order valence-corrected chi connectivity index (χ2v) is 9.91. The van der Waals surface area contributed by atoms with Crippen molar-refractivity contribution in [1.29, 1.82) is 0 Å². The topological polar surface area (TPSA) is 75.7 Å². The quantitative estimate of drug-likeness (QED) is 0.489. The fraction of sp³-hybridized carbons (Fsp3) is 0.269. The Balaban J connectivity index is 1.69. The zero-order valence-electron chi connectivity index (χ0n) is 19.4. The lowest BCUT2D eigenvalue weighted by molar-refractivity contribution is 0.0940. The van der Waals surface area contributed by atoms with E-state index in [2.05, 4.69) is 5.32 Å². The molecule has 3 rings (SSSR count). The van der Waals surface area contributed by atoms with Gasteiger partial charge in [-0.25, -0.2) is 8.42 Å². The summed E-state index contributed by atoms with van der Waals surface area (Å²) in [5.41, 5.74) is 3.87. The van der Waals surface area contributed by atoms with Crippen molar-refractivity contribution in [2.75, 3.05) is 17.2 Å². The van der Waals surface area contributed by atoms with E-state index in [0.717, 1.165) is 22.4 Å². The summed E-state index contributed by atoms with van der Waals surface area (Å²) in [6.07, 6.45) is 1.19. The van der Waals surface area contributed by atoms with Gasteiger partial charge in [0.05, 0.1) is 31.1 Å². The maximum Gasteiger partial charge on any atom is 0.251 e. The summed E-state index contributed by atoms with van der Waals surface area (Å²) in [7, 11) is -3.47. The van der Waals surface area contributed by atoms with Gasteiger partial charge in [-0.2, -0.15) is 0 Å². The molecule has 0 spiro atoms. The molecule has 1 N–H and O–H groups in total. The molecule has 3 aromatic rings. The molecular formula is C26H30N2O4S. The van der Waals surface area contributed by atoms with Gasteiger partial charge in [0.15, 0.2) is 0 Å². The highest BCUT2D eigenvalue weighted by atomic mass is 32.2. The molecule has 0 heterocycles. The van der Waals surface area contributed by atoms with Crippen molar-refractivity contribution in [1.82, 2.24) is 5.32 Å². The number of anilines is 1. The van der Waals surface area contributed by atoms with Gasteiger partial charge in [-0.1, -0.05) is 36.4 Å². The Hall–Kier alpha value is -3.32. The van der Waals surface area contributed by atoms with Gasteiger partial charge in [0, 0.05) is 5.56 Å². The number of aryl methyl sites for hydroxylation is 1. The predicted molar refractivity (Wildman–Crippen MR) is 132 cm³/mol. The number of sulfonamides is 1. The average Bonchev–Trinajstić information content (AvgIpc) is 2.77. The normalized spacial score (nSPS) is 12.1. The third-order valence-corrected chi connectivity index (χ3v) is 6.41. The molecule has 0 unspecified atom stereocenters. The van der Waals surface area contributed by atoms with Crippen LogP contribution in [-0.4, -0.2) is 27.2 Å². The summed E-state index contributed by atoms with van der Waals surface area (Å²) < 4.78 is 31.6. The number of hydrogen-bond donors (Lipinski definition) is 1. The highest BCUT2D eigenvalue weighted by Gasteiger charge is 2.18. The largest absolute Gasteiger partial charge is 0.494 e. The van der Waals surface area contributed by atoms with Crippen LogP contribution in [0.25, 0.3) is 0 Å². The van der Waals surface area contributed by atoms with Gasteiger partial charge in [-0.05, 0) is 73.9 Å². The van der Waals surface area contributed by atoms with Gasteiger partial charge < -0.3 is 10.1 Å². The predicted octanol–water partition coefficient (Wildman–Crippen LogP) is 4.85. The van der Waals surface area contributed by atoms with Crippen LogP contribution in [0.5, 0.6) is 5.75 Å². The monoisotopic (exact) mass is 466 g/mol. The van der Waals surface area contributed by atoms with Gasteiger partial charge in [0.25, 0.3) is 5.91 Å². The number of rotatable bonds is 9. The number of benzene rings is 3. The van der Waals surface area contributed by atoms with Gasteiger partial charge in [0.2, 0.25) is 10.0 Å². The summed E-state index contributed by atoms with van der Waals surface area (Å²) in [5.74, 6) is 0.603. The third-order valence-electron chi connectivity index (χ3n) is 5.27. The van der Waals surface area contributed by atoms with Crippen LogP contribution in [0.15, 0.2) is 72.8 Å². The van der Waals surface area contributed by atoms with Gasteiger partial charge >= 0.3 is 0 Å². The molecule has 1 amide bonds. The minimum Gasteiger partial charge on any atom is -0.494 e. The van der Waals surface area contributed by atoms with E-state index >= 15 is 0 Å². The molecule has 0 radical (unpaired) electrons. The molecule has 33 heavy (non-hydrogen) atoms. The van der Waals surface area contributed by atoms with Crippen LogP contribution in [0.1, 0.15) is 46.9 Å². The number of carbonyl (C=O) groups is 1. The van der Waals surface area contributed by atoms with Crippen molar-refractivity contribution >= 4 is 21.6 Å². The first kappa shape index (κ1) is 24.3. The number of nitrogens with one attached hydrogen (secondary N) is 1. The highest BCUT2D eigenvalue weighted by Crippen LogP contribution is 2.22. The Kier molecular flexibility index (Phi) is 7.76. The zero-order valence-corrected chi connectivity index (χ0v) is 20.2. The summed E-state index contributed by atoms with van der Waals surface area (Å²) >= 11 is 0. The van der Waals surface area contributed by atoms with E-state index in [9.17, 15) is 13.2 Å². The molecule has 7 heteroatoms. The van der Waals surface area contributed by atoms with Gasteiger partial charge in [-0.3, -0.25) is 9.10 Å². The van der Waals surface area contributed by atoms with Crippen molar-refractivity contribution in [3.63, 3.8) is 0 Å². The fourth-order valence-electron chi connectivity index (χ4n) is 3.49. The number of nitrogens with zero attached hydrogens (tertiary/aromatic N) is 1. The first-order valence-electron chi connectivity index (χ1n) is 10.8. The highest BCUT2D eigenvalue weighted by molar-refractivity contribution is 7.92. The van der Waals surface area contributed by atoms with E-state index in [0.29, 0.717) is 17.9 Å². The molecule has 0 saturated carbocycles. The molecule has 6 nitrogen and oxygen atoms in total. The summed E-state index contributed by atoms with van der Waals surface area (Å²) in [6.45, 7) is 6.57. The molecular weight excluding hydrogens is 436 g/mol. The van der Waals surface area contributed by atoms with E-state index in [4.69, 9.17) is 4.74 Å². The van der Waals surface area contributed by atoms with Crippen LogP contribution in [0.4, 0.5) is 5.69 Å². The van der Waals surface area contributed by atoms with Crippen molar-refractivity contribution in [2.45, 2.75) is 33.4 Å². The van der Waals surface area contributed by atoms with E-state index in [1.54, 1.807) is 30.3 Å². The second kappa shape index (κ2) is 10.5. The second-order valence-electron chi connectivity index (χ2n) is 8.00. The minimum atomic E-state index is -3.47. The number of amides is 1. The van der Waals surface area contributed by atoms with E-state index in [1.165, 1.54) is 10.6 Å². The smallest absolute Gasteiger partial charge is 0.251 e. The number of hydrogen-bond acceptors (Lipinski definition) is 4. The Bertz CT molecular complexity index is 1190. The number of carbonyl (C=O) groups excluding carboxylic acids is 1. The molecule has 0 aliphatic rings. The zero-order chi connectivity index (χ0) is 24.0. The van der Waals surface area contributed by atoms with Gasteiger partial charge in [0.1, 0.15) is 5.75 Å². The average molecular weight is 467 g/mol. The lowest BCUT2D eigenvalue weighted by atomic mass is 10.1. The Morgan fingerprint density at radius 3 is 2.27 bits per heavy atom. The molecule has 0 bridgehead atoms. The maximum absolute atomic E-state index is 12.7. The van der Waals surface area contributed by atoms with Crippen molar-refractivity contribution in [3.8, 4) is 5.75 Å². The SMILES string of the molecule is CCOc1ccc([C@@H](C)NC(=O)c2ccc(CN(c3cccc(C)c3)S(C)(=O)=O)cc2)cc1. The molecule has 0 saturated heterocycles. The van der Waals surface area contributed by atoms with E-state index in [1.807, 2.05) is 63.2 Å². The summed E-state index contributed by atoms with van der Waals surface area (Å²) in [6, 6.07) is 21.8. The molecule has 0 aromatic heterocycles. The van der Waals surface area contributed by atoms with Crippen molar-refractivity contribution in [3.05, 3.63) is 95.1 Å². The molecule has 3 aromatic carbocycles. The standard InChI is InChI=1S/C26H30N2O4S/c1-5-32-25-15-13-22(14-16-25)20(3)27-26(29)23-11-9-21(10-12-23)18-28(33(4,30)31)24-8-6-7-19(2)17-24/h6-17,20H,5,18H2,1-4H3,(H,27,29)/t20-/m1/s1. The maximum atomic E-state index is 12.7. The van der Waals surface area contributed by atoms with E-state index < -0.39 is 10.0 Å². The Labute approximate surface area is 196 Å². The van der Waals surface area contributed by atoms with Crippen LogP contribution in [0.3, 0.4) is 0 Å². The van der Waals surface area contributed by atoms with Crippen LogP contribution >= 0.6 is 0 Å². The Morgan fingerprint density at radius 2 is 1.70 bits per heavy atom. The van der Waals surface area contributed by atoms with Crippen molar-refractivity contribution < 1.29 is 17.9 Å². The third kappa shape index (κ3) is 6.58. The van der Waals surface area contributed by atoms with Crippen LogP contribution < -0.4 is 14.4 Å². The summed E-state index contributed by atoms with van der Waals surface area (Å²) in [4.78, 5) is 12.7. The molecule has 0 aliphatic heterocycles. The molecule has 174 valence electrons. The molecule has 0 fully saturated rings. The minimum absolute atomic E-state index is 0.171. The van der Waals surface area contributed by atoms with Gasteiger partial charge in [-0.15, -0.1) is 0 Å². The van der Waals surface area contributed by atoms with Crippen molar-refractivity contribution in [2.24, 2.45) is 0 Å². The number of ether oxygens (including phenoxy) is 1. The first-order chi connectivity index (χ1) is 15.7. The van der Waals surface area contributed by atoms with Crippen LogP contribution in [0, 0.1) is 6.92 Å². The van der Waals surface area contributed by atoms with E-state index in [-0.39, 0.29) is 18.5 Å². The molecule has 1 atom stereocenters. The van der Waals surface area contributed by atoms with Crippen LogP contribution in [-0.2, 0) is 16.6 Å². The lowest BCUT2D eigenvalue weighted by Crippen LogP contribution is -2.29. The molecule has 0 aliphatic carbocycles. The lowest BCUT2D eigenvalue weighted by Gasteiger charge is -2.23. The summed E-state index contributed by atoms with van der Waals surface area (Å²) in [5, 5.41) is 2.99. The fourth-order valence-corrected chi connectivity index (χ4v) is 4.37. The van der Waals surface area contributed by atoms with Crippen LogP contribution in [0.2, 0.25) is 0 Å².